The molecule has 9 nitrogen and oxygen atoms in total. The lowest BCUT2D eigenvalue weighted by Gasteiger charge is -2.32. The molecule has 1 spiro atoms. The second-order valence-corrected chi connectivity index (χ2v) is 10.6. The lowest BCUT2D eigenvalue weighted by atomic mass is 9.79. The van der Waals surface area contributed by atoms with Crippen molar-refractivity contribution in [1.82, 2.24) is 15.2 Å². The minimum atomic E-state index is -0.967. The summed E-state index contributed by atoms with van der Waals surface area (Å²) in [5.74, 6) is 0.0709. The van der Waals surface area contributed by atoms with Gasteiger partial charge in [0.1, 0.15) is 23.5 Å². The number of H-pyrrole nitrogens is 1. The molecule has 0 unspecified atom stereocenters. The smallest absolute Gasteiger partial charge is 0.268 e. The number of benzene rings is 2. The monoisotopic (exact) mass is 511 g/mol. The topological polar surface area (TPSA) is 127 Å². The van der Waals surface area contributed by atoms with Gasteiger partial charge in [-0.3, -0.25) is 14.4 Å². The van der Waals surface area contributed by atoms with Gasteiger partial charge in [0.2, 0.25) is 11.8 Å². The fourth-order valence-electron chi connectivity index (χ4n) is 6.13. The molecule has 38 heavy (non-hydrogen) atoms. The van der Waals surface area contributed by atoms with Gasteiger partial charge in [-0.2, -0.15) is 5.26 Å². The van der Waals surface area contributed by atoms with Crippen LogP contribution in [-0.2, 0) is 15.0 Å². The lowest BCUT2D eigenvalue weighted by Crippen LogP contribution is -2.52. The molecule has 194 valence electrons. The number of amides is 3. The first kappa shape index (κ1) is 24.0. The van der Waals surface area contributed by atoms with Gasteiger partial charge >= 0.3 is 0 Å². The normalized spacial score (nSPS) is 23.0. The summed E-state index contributed by atoms with van der Waals surface area (Å²) < 4.78 is 5.41. The second-order valence-electron chi connectivity index (χ2n) is 10.6. The highest BCUT2D eigenvalue weighted by Crippen LogP contribution is 2.46. The van der Waals surface area contributed by atoms with Crippen LogP contribution in [0.15, 0.2) is 48.5 Å². The molecule has 2 fully saturated rings. The Labute approximate surface area is 220 Å². The molecule has 3 atom stereocenters. The van der Waals surface area contributed by atoms with E-state index in [2.05, 4.69) is 21.7 Å². The molecule has 1 aromatic heterocycles. The number of aromatic amines is 1. The van der Waals surface area contributed by atoms with E-state index in [0.717, 1.165) is 41.4 Å². The van der Waals surface area contributed by atoms with Crippen molar-refractivity contribution in [1.29, 1.82) is 5.26 Å². The number of rotatable bonds is 6. The highest BCUT2D eigenvalue weighted by molar-refractivity contribution is 6.07. The zero-order valence-corrected chi connectivity index (χ0v) is 21.1. The predicted molar refractivity (Wildman–Crippen MR) is 141 cm³/mol. The van der Waals surface area contributed by atoms with E-state index in [1.165, 1.54) is 4.90 Å². The number of likely N-dealkylation sites (tertiary alicyclic amines) is 1. The Morgan fingerprint density at radius 1 is 1.24 bits per heavy atom. The fraction of sp³-hybridized carbons (Fsp3) is 0.379. The van der Waals surface area contributed by atoms with E-state index < -0.39 is 23.4 Å². The molecule has 9 heteroatoms. The Balaban J connectivity index is 1.28. The number of hydrogen-bond acceptors (Lipinski definition) is 5. The average Bonchev–Trinajstić information content (AvgIpc) is 3.59. The van der Waals surface area contributed by atoms with Crippen LogP contribution >= 0.6 is 0 Å². The minimum Gasteiger partial charge on any atom is -0.496 e. The fourth-order valence-corrected chi connectivity index (χ4v) is 6.13. The molecular weight excluding hydrogens is 482 g/mol. The van der Waals surface area contributed by atoms with Crippen LogP contribution in [0.5, 0.6) is 5.75 Å². The Bertz CT molecular complexity index is 1490. The molecule has 1 saturated heterocycles. The standard InChI is InChI=1S/C29H29N5O4/c1-38-25-11-5-10-21-19(25)13-23(31-21)26(35)32-24(12-17-6-4-7-17)27(36)34-16-29(14-18(34)15-30)20-8-2-3-9-22(20)33-28(29)37/h2-3,5,8-11,13,17-18,24,31H,4,6-7,12,14,16H2,1H3,(H,32,35)(H,33,37)/t18-,24-,29-/m0/s1. The van der Waals surface area contributed by atoms with Gasteiger partial charge in [0.05, 0.1) is 18.6 Å². The first-order valence-electron chi connectivity index (χ1n) is 13.0. The summed E-state index contributed by atoms with van der Waals surface area (Å²) in [6, 6.07) is 15.3. The van der Waals surface area contributed by atoms with Crippen LogP contribution in [0.4, 0.5) is 5.69 Å². The van der Waals surface area contributed by atoms with E-state index in [1.54, 1.807) is 13.2 Å². The van der Waals surface area contributed by atoms with Crippen molar-refractivity contribution in [2.75, 3.05) is 19.0 Å². The molecule has 2 aliphatic heterocycles. The summed E-state index contributed by atoms with van der Waals surface area (Å²) in [5.41, 5.74) is 1.65. The summed E-state index contributed by atoms with van der Waals surface area (Å²) in [6.45, 7) is 0.105. The highest BCUT2D eigenvalue weighted by atomic mass is 16.5. The van der Waals surface area contributed by atoms with Crippen LogP contribution in [-0.4, -0.2) is 53.3 Å². The van der Waals surface area contributed by atoms with Crippen LogP contribution < -0.4 is 15.4 Å². The van der Waals surface area contributed by atoms with Crippen molar-refractivity contribution >= 4 is 34.3 Å². The molecule has 3 amide bonds. The Kier molecular flexibility index (Phi) is 5.83. The number of methoxy groups -OCH3 is 1. The van der Waals surface area contributed by atoms with Gasteiger partial charge in [0.25, 0.3) is 5.91 Å². The number of carbonyl (C=O) groups excluding carboxylic acids is 3. The van der Waals surface area contributed by atoms with Gasteiger partial charge in [-0.15, -0.1) is 0 Å². The molecule has 1 aliphatic carbocycles. The summed E-state index contributed by atoms with van der Waals surface area (Å²) in [5, 5.41) is 16.6. The van der Waals surface area contributed by atoms with E-state index in [4.69, 9.17) is 4.74 Å². The van der Waals surface area contributed by atoms with Gasteiger partial charge in [-0.25, -0.2) is 0 Å². The van der Waals surface area contributed by atoms with Gasteiger partial charge in [-0.1, -0.05) is 43.5 Å². The van der Waals surface area contributed by atoms with Crippen molar-refractivity contribution in [3.05, 3.63) is 59.8 Å². The number of para-hydroxylation sites is 1. The molecular formula is C29H29N5O4. The SMILES string of the molecule is COc1cccc2[nH]c(C(=O)N[C@@H](CC3CCC3)C(=O)N3C[C@]4(C[C@H]3C#N)C(=O)Nc3ccccc34)cc12. The predicted octanol–water partition coefficient (Wildman–Crippen LogP) is 3.48. The molecule has 0 bridgehead atoms. The highest BCUT2D eigenvalue weighted by Gasteiger charge is 2.56. The van der Waals surface area contributed by atoms with Crippen molar-refractivity contribution in [3.8, 4) is 11.8 Å². The maximum absolute atomic E-state index is 14.0. The number of aromatic nitrogens is 1. The first-order chi connectivity index (χ1) is 18.4. The number of hydrogen-bond donors (Lipinski definition) is 3. The zero-order chi connectivity index (χ0) is 26.4. The Hall–Kier alpha value is -4.32. The van der Waals surface area contributed by atoms with Gasteiger partial charge in [0, 0.05) is 29.6 Å². The lowest BCUT2D eigenvalue weighted by molar-refractivity contribution is -0.134. The van der Waals surface area contributed by atoms with Gasteiger partial charge in [-0.05, 0) is 42.2 Å². The Morgan fingerprint density at radius 3 is 2.79 bits per heavy atom. The molecule has 0 radical (unpaired) electrons. The van der Waals surface area contributed by atoms with Crippen LogP contribution in [0, 0.1) is 17.2 Å². The van der Waals surface area contributed by atoms with E-state index in [0.29, 0.717) is 23.8 Å². The third-order valence-electron chi connectivity index (χ3n) is 8.40. The molecule has 3 aromatic rings. The quantitative estimate of drug-likeness (QED) is 0.467. The van der Waals surface area contributed by atoms with Crippen molar-refractivity contribution in [2.45, 2.75) is 49.6 Å². The van der Waals surface area contributed by atoms with E-state index in [-0.39, 0.29) is 24.8 Å². The Morgan fingerprint density at radius 2 is 2.05 bits per heavy atom. The summed E-state index contributed by atoms with van der Waals surface area (Å²) in [7, 11) is 1.58. The van der Waals surface area contributed by atoms with E-state index in [1.807, 2.05) is 42.5 Å². The maximum atomic E-state index is 14.0. The molecule has 6 rings (SSSR count). The van der Waals surface area contributed by atoms with Crippen LogP contribution in [0.3, 0.4) is 0 Å². The van der Waals surface area contributed by atoms with Crippen LogP contribution in [0.2, 0.25) is 0 Å². The van der Waals surface area contributed by atoms with E-state index >= 15 is 0 Å². The second kappa shape index (κ2) is 9.21. The number of ether oxygens (including phenoxy) is 1. The van der Waals surface area contributed by atoms with Crippen molar-refractivity contribution in [3.63, 3.8) is 0 Å². The average molecular weight is 512 g/mol. The van der Waals surface area contributed by atoms with Gasteiger partial charge < -0.3 is 25.3 Å². The number of fused-ring (bicyclic) bond motifs is 3. The number of nitrogens with zero attached hydrogens (tertiary/aromatic N) is 2. The zero-order valence-electron chi connectivity index (χ0n) is 21.1. The first-order valence-corrected chi connectivity index (χ1v) is 13.0. The number of nitriles is 1. The summed E-state index contributed by atoms with van der Waals surface area (Å²) in [4.78, 5) is 45.1. The summed E-state index contributed by atoms with van der Waals surface area (Å²) >= 11 is 0. The number of nitrogens with one attached hydrogen (secondary N) is 3. The minimum absolute atomic E-state index is 0.105. The third kappa shape index (κ3) is 3.79. The largest absolute Gasteiger partial charge is 0.496 e. The van der Waals surface area contributed by atoms with Gasteiger partial charge in [0.15, 0.2) is 0 Å². The summed E-state index contributed by atoms with van der Waals surface area (Å²) in [6.07, 6.45) is 3.84. The molecule has 2 aromatic carbocycles. The number of carbonyl (C=O) groups is 3. The molecule has 1 saturated carbocycles. The maximum Gasteiger partial charge on any atom is 0.268 e. The third-order valence-corrected chi connectivity index (χ3v) is 8.40. The van der Waals surface area contributed by atoms with Crippen LogP contribution in [0.25, 0.3) is 10.9 Å². The molecule has 3 heterocycles. The van der Waals surface area contributed by atoms with E-state index in [9.17, 15) is 19.6 Å². The van der Waals surface area contributed by atoms with Crippen LogP contribution in [0.1, 0.15) is 48.2 Å². The van der Waals surface area contributed by atoms with Crippen molar-refractivity contribution < 1.29 is 19.1 Å². The molecule has 3 N–H and O–H groups in total. The van der Waals surface area contributed by atoms with Crippen molar-refractivity contribution in [2.24, 2.45) is 5.92 Å². The number of anilines is 1. The molecule has 3 aliphatic rings.